The molecule has 0 aliphatic heterocycles. The van der Waals surface area contributed by atoms with Crippen LogP contribution in [0.5, 0.6) is 0 Å². The van der Waals surface area contributed by atoms with Crippen molar-refractivity contribution in [3.8, 4) is 0 Å². The van der Waals surface area contributed by atoms with Crippen LogP contribution in [0.3, 0.4) is 0 Å². The Balaban J connectivity index is 2.84. The van der Waals surface area contributed by atoms with Crippen LogP contribution in [0, 0.1) is 0 Å². The maximum Gasteiger partial charge on any atom is 0.321 e. The van der Waals surface area contributed by atoms with E-state index in [9.17, 15) is 9.59 Å². The number of imide groups is 1. The zero-order valence-electron chi connectivity index (χ0n) is 12.1. The molecule has 0 spiro atoms. The molecule has 0 bridgehead atoms. The number of urea groups is 1. The first-order valence-corrected chi connectivity index (χ1v) is 6.50. The van der Waals surface area contributed by atoms with E-state index in [0.29, 0.717) is 6.61 Å². The monoisotopic (exact) mass is 280 g/mol. The Hall–Kier alpha value is -1.92. The average molecular weight is 280 g/mol. The van der Waals surface area contributed by atoms with Gasteiger partial charge in [-0.25, -0.2) is 4.79 Å². The lowest BCUT2D eigenvalue weighted by atomic mass is 10.1. The fourth-order valence-electron chi connectivity index (χ4n) is 1.91. The van der Waals surface area contributed by atoms with E-state index in [0.717, 1.165) is 5.56 Å². The van der Waals surface area contributed by atoms with Gasteiger partial charge in [-0.05, 0) is 6.92 Å². The summed E-state index contributed by atoms with van der Waals surface area (Å²) >= 11 is 0. The van der Waals surface area contributed by atoms with Crippen molar-refractivity contribution in [1.29, 1.82) is 0 Å². The Morgan fingerprint density at radius 2 is 1.95 bits per heavy atom. The van der Waals surface area contributed by atoms with Crippen molar-refractivity contribution in [2.75, 3.05) is 20.8 Å². The highest BCUT2D eigenvalue weighted by atomic mass is 16.5. The molecule has 0 fully saturated rings. The molecule has 0 radical (unpaired) electrons. The first-order chi connectivity index (χ1) is 9.58. The Bertz CT molecular complexity index is 437. The molecule has 20 heavy (non-hydrogen) atoms. The van der Waals surface area contributed by atoms with Crippen LogP contribution in [0.25, 0.3) is 0 Å². The molecule has 3 amide bonds. The molecule has 0 aliphatic carbocycles. The van der Waals surface area contributed by atoms with Crippen LogP contribution in [0.4, 0.5) is 4.79 Å². The van der Waals surface area contributed by atoms with Gasteiger partial charge >= 0.3 is 6.03 Å². The summed E-state index contributed by atoms with van der Waals surface area (Å²) in [5.41, 5.74) is 0.844. The maximum atomic E-state index is 12.2. The first-order valence-electron chi connectivity index (χ1n) is 6.50. The molecule has 0 saturated carbocycles. The Kier molecular flexibility index (Phi) is 6.69. The molecule has 0 heterocycles. The quantitative estimate of drug-likeness (QED) is 0.673. The number of ether oxygens (including phenoxy) is 1. The second-order valence-corrected chi connectivity index (χ2v) is 4.58. The number of rotatable bonds is 6. The van der Waals surface area contributed by atoms with Crippen LogP contribution >= 0.6 is 0 Å². The molecule has 0 saturated heterocycles. The highest BCUT2D eigenvalue weighted by Gasteiger charge is 2.27. The number of carbonyl (C=O) groups excluding carboxylic acids is 2. The zero-order chi connectivity index (χ0) is 15.0. The molecule has 1 aromatic carbocycles. The lowest BCUT2D eigenvalue weighted by molar-refractivity contribution is -0.714. The molecule has 0 unspecified atom stereocenters. The van der Waals surface area contributed by atoms with E-state index in [4.69, 9.17) is 4.74 Å². The molecule has 1 rings (SSSR count). The fourth-order valence-corrected chi connectivity index (χ4v) is 1.91. The minimum atomic E-state index is -0.510. The van der Waals surface area contributed by atoms with Crippen molar-refractivity contribution in [3.05, 3.63) is 35.9 Å². The van der Waals surface area contributed by atoms with Crippen molar-refractivity contribution in [2.45, 2.75) is 19.0 Å². The fraction of sp³-hybridized carbons (Fsp3) is 0.429. The molecule has 6 nitrogen and oxygen atoms in total. The van der Waals surface area contributed by atoms with Crippen LogP contribution < -0.4 is 16.0 Å². The molecule has 6 heteroatoms. The standard InChI is InChI=1S/C14H21N3O3/c1-10(9-20-3)16-12(11-7-5-4-6-8-11)13(18)17-14(19)15-2/h4-8,10,12,16H,9H2,1-3H3,(H2,15,17,18,19)/p+1/t10-,12+/m0/s1. The summed E-state index contributed by atoms with van der Waals surface area (Å²) in [6, 6.07) is 8.45. The van der Waals surface area contributed by atoms with Crippen LogP contribution in [-0.2, 0) is 9.53 Å². The molecular formula is C14H22N3O3+. The number of hydrogen-bond donors (Lipinski definition) is 3. The van der Waals surface area contributed by atoms with Crippen LogP contribution in [0.2, 0.25) is 0 Å². The molecule has 0 aliphatic rings. The third-order valence-corrected chi connectivity index (χ3v) is 2.86. The van der Waals surface area contributed by atoms with E-state index in [-0.39, 0.29) is 11.9 Å². The molecule has 0 aromatic heterocycles. The third kappa shape index (κ3) is 4.99. The molecular weight excluding hydrogens is 258 g/mol. The van der Waals surface area contributed by atoms with Gasteiger partial charge in [-0.3, -0.25) is 10.1 Å². The smallest absolute Gasteiger partial charge is 0.321 e. The van der Waals surface area contributed by atoms with Gasteiger partial charge in [-0.2, -0.15) is 0 Å². The average Bonchev–Trinajstić information content (AvgIpc) is 2.45. The summed E-state index contributed by atoms with van der Waals surface area (Å²) in [5.74, 6) is -0.349. The van der Waals surface area contributed by atoms with E-state index in [1.54, 1.807) is 7.11 Å². The lowest BCUT2D eigenvalue weighted by Gasteiger charge is -2.19. The number of amides is 3. The highest BCUT2D eigenvalue weighted by molar-refractivity contribution is 5.96. The second-order valence-electron chi connectivity index (χ2n) is 4.58. The topological polar surface area (TPSA) is 84.0 Å². The summed E-state index contributed by atoms with van der Waals surface area (Å²) in [7, 11) is 3.09. The van der Waals surface area contributed by atoms with Gasteiger partial charge in [0.2, 0.25) is 0 Å². The van der Waals surface area contributed by atoms with Crippen molar-refractivity contribution in [2.24, 2.45) is 0 Å². The number of nitrogens with two attached hydrogens (primary N) is 1. The van der Waals surface area contributed by atoms with Crippen molar-refractivity contribution in [3.63, 3.8) is 0 Å². The SMILES string of the molecule is CNC(=O)NC(=O)[C@H]([NH2+][C@@H](C)COC)c1ccccc1. The third-order valence-electron chi connectivity index (χ3n) is 2.86. The molecule has 4 N–H and O–H groups in total. The predicted molar refractivity (Wildman–Crippen MR) is 75.0 cm³/mol. The Morgan fingerprint density at radius 3 is 2.50 bits per heavy atom. The Morgan fingerprint density at radius 1 is 1.30 bits per heavy atom. The molecule has 110 valence electrons. The van der Waals surface area contributed by atoms with E-state index in [2.05, 4.69) is 10.6 Å². The lowest BCUT2D eigenvalue weighted by Crippen LogP contribution is -2.93. The number of methoxy groups -OCH3 is 1. The van der Waals surface area contributed by atoms with E-state index < -0.39 is 12.1 Å². The van der Waals surface area contributed by atoms with Gasteiger partial charge in [0.05, 0.1) is 6.61 Å². The Labute approximate surface area is 118 Å². The summed E-state index contributed by atoms with van der Waals surface area (Å²) < 4.78 is 5.08. The summed E-state index contributed by atoms with van der Waals surface area (Å²) in [4.78, 5) is 23.5. The number of nitrogens with one attached hydrogen (secondary N) is 2. The summed E-state index contributed by atoms with van der Waals surface area (Å²) in [5, 5.41) is 6.57. The number of carbonyl (C=O) groups is 2. The largest absolute Gasteiger partial charge is 0.379 e. The van der Waals surface area contributed by atoms with Crippen LogP contribution in [0.15, 0.2) is 30.3 Å². The highest BCUT2D eigenvalue weighted by Crippen LogP contribution is 2.08. The van der Waals surface area contributed by atoms with Gasteiger partial charge in [0.15, 0.2) is 6.04 Å². The van der Waals surface area contributed by atoms with Crippen LogP contribution in [-0.4, -0.2) is 38.7 Å². The normalized spacial score (nSPS) is 13.3. The van der Waals surface area contributed by atoms with Gasteiger partial charge in [-0.15, -0.1) is 0 Å². The van der Waals surface area contributed by atoms with Crippen molar-refractivity contribution < 1.29 is 19.6 Å². The number of quaternary nitrogens is 1. The van der Waals surface area contributed by atoms with Gasteiger partial charge < -0.3 is 15.4 Å². The number of benzene rings is 1. The van der Waals surface area contributed by atoms with Crippen molar-refractivity contribution >= 4 is 11.9 Å². The summed E-state index contributed by atoms with van der Waals surface area (Å²) in [6.45, 7) is 2.49. The second kappa shape index (κ2) is 8.29. The first kappa shape index (κ1) is 16.1. The van der Waals surface area contributed by atoms with Gasteiger partial charge in [-0.1, -0.05) is 30.3 Å². The van der Waals surface area contributed by atoms with Crippen LogP contribution in [0.1, 0.15) is 18.5 Å². The van der Waals surface area contributed by atoms with Gasteiger partial charge in [0, 0.05) is 19.7 Å². The van der Waals surface area contributed by atoms with E-state index in [1.165, 1.54) is 7.05 Å². The summed E-state index contributed by atoms with van der Waals surface area (Å²) in [6.07, 6.45) is 0. The van der Waals surface area contributed by atoms with E-state index >= 15 is 0 Å². The molecule has 2 atom stereocenters. The minimum absolute atomic E-state index is 0.0978. The molecule has 1 aromatic rings. The predicted octanol–water partition coefficient (Wildman–Crippen LogP) is -0.218. The minimum Gasteiger partial charge on any atom is -0.379 e. The van der Waals surface area contributed by atoms with Crippen molar-refractivity contribution in [1.82, 2.24) is 10.6 Å². The zero-order valence-corrected chi connectivity index (χ0v) is 12.1. The van der Waals surface area contributed by atoms with Gasteiger partial charge in [0.1, 0.15) is 6.04 Å². The maximum absolute atomic E-state index is 12.2. The number of hydrogen-bond acceptors (Lipinski definition) is 3. The van der Waals surface area contributed by atoms with Gasteiger partial charge in [0.25, 0.3) is 5.91 Å². The van der Waals surface area contributed by atoms with E-state index in [1.807, 2.05) is 42.6 Å².